The van der Waals surface area contributed by atoms with Gasteiger partial charge < -0.3 is 0 Å². The van der Waals surface area contributed by atoms with E-state index in [1.165, 1.54) is 22.9 Å². The highest BCUT2D eigenvalue weighted by Crippen LogP contribution is 2.27. The maximum absolute atomic E-state index is 11.5. The Hall–Kier alpha value is -0.960. The minimum absolute atomic E-state index is 0.246. The molecule has 2 heterocycles. The first-order valence-corrected chi connectivity index (χ1v) is 7.35. The first-order chi connectivity index (χ1) is 8.20. The van der Waals surface area contributed by atoms with Crippen LogP contribution in [0.3, 0.4) is 0 Å². The van der Waals surface area contributed by atoms with Crippen LogP contribution >= 0.6 is 34.6 Å². The average Bonchev–Trinajstić information content (AvgIpc) is 2.94. The number of hydrogen-bond acceptors (Lipinski definition) is 7. The Morgan fingerprint density at radius 2 is 2.47 bits per heavy atom. The van der Waals surface area contributed by atoms with Crippen LogP contribution in [0.4, 0.5) is 0 Å². The summed E-state index contributed by atoms with van der Waals surface area (Å²) in [6.45, 7) is 1.86. The van der Waals surface area contributed by atoms with E-state index in [1.54, 1.807) is 11.8 Å². The van der Waals surface area contributed by atoms with Crippen LogP contribution in [0, 0.1) is 6.92 Å². The molecule has 0 spiro atoms. The Balaban J connectivity index is 2.04. The number of nitrogens with zero attached hydrogens (tertiary/aromatic N) is 2. The van der Waals surface area contributed by atoms with Crippen LogP contribution in [0.15, 0.2) is 15.8 Å². The molecule has 5 nitrogen and oxygen atoms in total. The summed E-state index contributed by atoms with van der Waals surface area (Å²) >= 11 is 4.33. The van der Waals surface area contributed by atoms with Crippen molar-refractivity contribution in [3.8, 4) is 0 Å². The molecule has 2 aromatic heterocycles. The van der Waals surface area contributed by atoms with Gasteiger partial charge in [0.1, 0.15) is 5.82 Å². The maximum Gasteiger partial charge on any atom is 0.275 e. The lowest BCUT2D eigenvalue weighted by molar-refractivity contribution is 0.0957. The topological polar surface area (TPSA) is 80.9 Å². The molecule has 2 rings (SSSR count). The van der Waals surface area contributed by atoms with Gasteiger partial charge in [0.05, 0.1) is 4.88 Å². The summed E-state index contributed by atoms with van der Waals surface area (Å²) < 4.78 is 5.01. The van der Waals surface area contributed by atoms with Crippen molar-refractivity contribution in [3.05, 3.63) is 27.7 Å². The third kappa shape index (κ3) is 3.03. The van der Waals surface area contributed by atoms with Crippen molar-refractivity contribution in [3.63, 3.8) is 0 Å². The predicted molar refractivity (Wildman–Crippen MR) is 70.2 cm³/mol. The van der Waals surface area contributed by atoms with Crippen molar-refractivity contribution >= 4 is 40.5 Å². The van der Waals surface area contributed by atoms with Crippen LogP contribution in [0.1, 0.15) is 21.1 Å². The molecule has 0 bridgehead atoms. The van der Waals surface area contributed by atoms with Crippen molar-refractivity contribution in [1.82, 2.24) is 14.8 Å². The Morgan fingerprint density at radius 1 is 1.65 bits per heavy atom. The van der Waals surface area contributed by atoms with Crippen LogP contribution < -0.4 is 11.3 Å². The van der Waals surface area contributed by atoms with Gasteiger partial charge in [-0.25, -0.2) is 10.8 Å². The standard InChI is InChI=1S/C9H10N4OS3/c1-5-11-9(17-13-5)16-4-6-2-3-15-7(6)8(14)12-10/h2-3H,4,10H2,1H3,(H,12,14). The van der Waals surface area contributed by atoms with Crippen molar-refractivity contribution in [2.75, 3.05) is 0 Å². The first-order valence-electron chi connectivity index (χ1n) is 4.71. The van der Waals surface area contributed by atoms with E-state index in [2.05, 4.69) is 14.8 Å². The van der Waals surface area contributed by atoms with E-state index in [9.17, 15) is 4.79 Å². The number of carbonyl (C=O) groups excluding carboxylic acids is 1. The number of aryl methyl sites for hydroxylation is 1. The summed E-state index contributed by atoms with van der Waals surface area (Å²) in [5.74, 6) is 6.35. The first kappa shape index (κ1) is 12.5. The zero-order chi connectivity index (χ0) is 12.3. The minimum Gasteiger partial charge on any atom is -0.289 e. The van der Waals surface area contributed by atoms with Crippen molar-refractivity contribution in [2.45, 2.75) is 17.0 Å². The lowest BCUT2D eigenvalue weighted by Crippen LogP contribution is -2.29. The van der Waals surface area contributed by atoms with Crippen molar-refractivity contribution in [1.29, 1.82) is 0 Å². The predicted octanol–water partition coefficient (Wildman–Crippen LogP) is 1.80. The number of thiophene rings is 1. The molecule has 8 heteroatoms. The highest BCUT2D eigenvalue weighted by atomic mass is 32.2. The molecule has 0 aliphatic rings. The molecular formula is C9H10N4OS3. The molecule has 0 aromatic carbocycles. The smallest absolute Gasteiger partial charge is 0.275 e. The van der Waals surface area contributed by atoms with Gasteiger partial charge in [-0.1, -0.05) is 11.8 Å². The number of nitrogen functional groups attached to an aromatic ring is 1. The number of amides is 1. The van der Waals surface area contributed by atoms with Gasteiger partial charge in [0.25, 0.3) is 5.91 Å². The summed E-state index contributed by atoms with van der Waals surface area (Å²) in [6.07, 6.45) is 0. The summed E-state index contributed by atoms with van der Waals surface area (Å²) in [7, 11) is 0. The molecule has 0 radical (unpaired) electrons. The second-order valence-corrected chi connectivity index (χ2v) is 6.04. The second-order valence-electron chi connectivity index (χ2n) is 3.14. The summed E-state index contributed by atoms with van der Waals surface area (Å²) in [5, 5.41) is 1.88. The highest BCUT2D eigenvalue weighted by molar-refractivity contribution is 8.00. The number of nitrogens with two attached hydrogens (primary N) is 1. The van der Waals surface area contributed by atoms with Crippen LogP contribution in [-0.2, 0) is 5.75 Å². The molecule has 0 aliphatic heterocycles. The van der Waals surface area contributed by atoms with E-state index in [0.717, 1.165) is 15.7 Å². The van der Waals surface area contributed by atoms with Crippen LogP contribution in [0.25, 0.3) is 0 Å². The largest absolute Gasteiger partial charge is 0.289 e. The molecule has 0 saturated carbocycles. The summed E-state index contributed by atoms with van der Waals surface area (Å²) in [5.41, 5.74) is 3.12. The zero-order valence-electron chi connectivity index (χ0n) is 8.97. The van der Waals surface area contributed by atoms with E-state index in [-0.39, 0.29) is 5.91 Å². The number of rotatable bonds is 4. The minimum atomic E-state index is -0.246. The fraction of sp³-hybridized carbons (Fsp3) is 0.222. The van der Waals surface area contributed by atoms with E-state index < -0.39 is 0 Å². The number of aromatic nitrogens is 2. The molecule has 17 heavy (non-hydrogen) atoms. The lowest BCUT2D eigenvalue weighted by atomic mass is 10.3. The third-order valence-electron chi connectivity index (χ3n) is 1.94. The monoisotopic (exact) mass is 286 g/mol. The average molecular weight is 286 g/mol. The molecule has 0 atom stereocenters. The van der Waals surface area contributed by atoms with Gasteiger partial charge >= 0.3 is 0 Å². The number of hydrogen-bond donors (Lipinski definition) is 2. The molecule has 0 unspecified atom stereocenters. The van der Waals surface area contributed by atoms with Gasteiger partial charge in [0.2, 0.25) is 0 Å². The highest BCUT2D eigenvalue weighted by Gasteiger charge is 2.12. The van der Waals surface area contributed by atoms with Gasteiger partial charge in [-0.2, -0.15) is 4.37 Å². The van der Waals surface area contributed by atoms with Gasteiger partial charge in [-0.05, 0) is 35.5 Å². The second kappa shape index (κ2) is 5.58. The molecule has 3 N–H and O–H groups in total. The Labute approximate surface area is 111 Å². The number of carbonyl (C=O) groups is 1. The lowest BCUT2D eigenvalue weighted by Gasteiger charge is -2.00. The molecular weight excluding hydrogens is 276 g/mol. The van der Waals surface area contributed by atoms with Gasteiger partial charge in [-0.3, -0.25) is 10.2 Å². The molecule has 0 saturated heterocycles. The maximum atomic E-state index is 11.5. The fourth-order valence-electron chi connectivity index (χ4n) is 1.19. The summed E-state index contributed by atoms with van der Waals surface area (Å²) in [4.78, 5) is 16.4. The summed E-state index contributed by atoms with van der Waals surface area (Å²) in [6, 6.07) is 1.93. The molecule has 0 aliphatic carbocycles. The van der Waals surface area contributed by atoms with Crippen molar-refractivity contribution < 1.29 is 4.79 Å². The molecule has 90 valence electrons. The van der Waals surface area contributed by atoms with Crippen LogP contribution in [0.2, 0.25) is 0 Å². The zero-order valence-corrected chi connectivity index (χ0v) is 11.4. The Morgan fingerprint density at radius 3 is 3.12 bits per heavy atom. The Bertz CT molecular complexity index is 522. The van der Waals surface area contributed by atoms with Gasteiger partial charge in [0, 0.05) is 5.75 Å². The Kier molecular flexibility index (Phi) is 4.11. The van der Waals surface area contributed by atoms with Gasteiger partial charge in [-0.15, -0.1) is 11.3 Å². The van der Waals surface area contributed by atoms with E-state index in [1.807, 2.05) is 18.4 Å². The van der Waals surface area contributed by atoms with E-state index in [0.29, 0.717) is 10.6 Å². The SMILES string of the molecule is Cc1nsc(SCc2ccsc2C(=O)NN)n1. The number of hydrazine groups is 1. The van der Waals surface area contributed by atoms with Crippen molar-refractivity contribution in [2.24, 2.45) is 5.84 Å². The number of nitrogens with one attached hydrogen (secondary N) is 1. The van der Waals surface area contributed by atoms with E-state index >= 15 is 0 Å². The molecule has 2 aromatic rings. The molecule has 0 fully saturated rings. The third-order valence-corrected chi connectivity index (χ3v) is 4.87. The van der Waals surface area contributed by atoms with E-state index in [4.69, 9.17) is 5.84 Å². The van der Waals surface area contributed by atoms with Gasteiger partial charge in [0.15, 0.2) is 4.34 Å². The molecule has 1 amide bonds. The van der Waals surface area contributed by atoms with Crippen LogP contribution in [-0.4, -0.2) is 15.3 Å². The van der Waals surface area contributed by atoms with Crippen LogP contribution in [0.5, 0.6) is 0 Å². The fourth-order valence-corrected chi connectivity index (χ4v) is 3.75. The normalized spacial score (nSPS) is 10.5. The number of thioether (sulfide) groups is 1. The quantitative estimate of drug-likeness (QED) is 0.388.